The maximum Gasteiger partial charge on any atom is 0.122 e. The van der Waals surface area contributed by atoms with E-state index in [2.05, 4.69) is 55.6 Å². The van der Waals surface area contributed by atoms with Gasteiger partial charge in [-0.25, -0.2) is 0 Å². The Morgan fingerprint density at radius 2 is 1.81 bits per heavy atom. The van der Waals surface area contributed by atoms with Crippen molar-refractivity contribution in [3.8, 4) is 5.75 Å². The smallest absolute Gasteiger partial charge is 0.122 e. The van der Waals surface area contributed by atoms with E-state index in [1.165, 1.54) is 15.3 Å². The van der Waals surface area contributed by atoms with E-state index in [0.717, 1.165) is 25.0 Å². The predicted octanol–water partition coefficient (Wildman–Crippen LogP) is 4.43. The molecule has 2 aromatic rings. The Bertz CT molecular complexity index is 532. The molecule has 114 valence electrons. The van der Waals surface area contributed by atoms with Crippen molar-refractivity contribution in [3.63, 3.8) is 0 Å². The summed E-state index contributed by atoms with van der Waals surface area (Å²) in [6, 6.07) is 13.4. The van der Waals surface area contributed by atoms with E-state index in [1.807, 2.05) is 18.4 Å². The van der Waals surface area contributed by atoms with Gasteiger partial charge in [0.15, 0.2) is 0 Å². The number of hydrogen-bond donors (Lipinski definition) is 1. The van der Waals surface area contributed by atoms with Crippen LogP contribution in [-0.4, -0.2) is 13.1 Å². The zero-order valence-corrected chi connectivity index (χ0v) is 14.0. The van der Waals surface area contributed by atoms with Crippen molar-refractivity contribution in [2.45, 2.75) is 45.8 Å². The van der Waals surface area contributed by atoms with Crippen molar-refractivity contribution in [1.29, 1.82) is 0 Å². The van der Waals surface area contributed by atoms with E-state index in [-0.39, 0.29) is 0 Å². The highest BCUT2D eigenvalue weighted by Crippen LogP contribution is 2.20. The van der Waals surface area contributed by atoms with Gasteiger partial charge >= 0.3 is 0 Å². The van der Waals surface area contributed by atoms with Gasteiger partial charge in [0.05, 0.1) is 0 Å². The lowest BCUT2D eigenvalue weighted by molar-refractivity contribution is 0.309. The van der Waals surface area contributed by atoms with Crippen LogP contribution in [0.2, 0.25) is 0 Å². The molecular formula is C18H25NOS. The molecule has 0 bridgehead atoms. The Morgan fingerprint density at radius 1 is 1.10 bits per heavy atom. The molecule has 1 atom stereocenters. The summed E-state index contributed by atoms with van der Waals surface area (Å²) >= 11 is 1.84. The van der Waals surface area contributed by atoms with Crippen molar-refractivity contribution in [2.24, 2.45) is 0 Å². The second-order valence-electron chi connectivity index (χ2n) is 5.38. The molecule has 0 aliphatic carbocycles. The lowest BCUT2D eigenvalue weighted by Crippen LogP contribution is -2.21. The quantitative estimate of drug-likeness (QED) is 0.779. The number of ether oxygens (including phenoxy) is 1. The molecule has 1 aromatic heterocycles. The summed E-state index contributed by atoms with van der Waals surface area (Å²) < 4.78 is 5.85. The number of hydrogen-bond acceptors (Lipinski definition) is 3. The van der Waals surface area contributed by atoms with Gasteiger partial charge in [0.2, 0.25) is 0 Å². The summed E-state index contributed by atoms with van der Waals surface area (Å²) in [6.07, 6.45) is 3.36. The molecule has 0 amide bonds. The molecule has 1 N–H and O–H groups in total. The van der Waals surface area contributed by atoms with Crippen LogP contribution in [0.5, 0.6) is 5.75 Å². The molecule has 0 aliphatic heterocycles. The average molecular weight is 303 g/mol. The van der Waals surface area contributed by atoms with Gasteiger partial charge in [-0.05, 0) is 63.1 Å². The minimum atomic E-state index is 0.563. The molecule has 2 nitrogen and oxygen atoms in total. The Morgan fingerprint density at radius 3 is 2.43 bits per heavy atom. The van der Waals surface area contributed by atoms with Crippen LogP contribution in [0.3, 0.4) is 0 Å². The second kappa shape index (κ2) is 8.20. The third-order valence-corrected chi connectivity index (χ3v) is 4.93. The van der Waals surface area contributed by atoms with Gasteiger partial charge in [-0.15, -0.1) is 11.3 Å². The van der Waals surface area contributed by atoms with Gasteiger partial charge in [-0.2, -0.15) is 0 Å². The Hall–Kier alpha value is -1.32. The molecule has 21 heavy (non-hydrogen) atoms. The monoisotopic (exact) mass is 303 g/mol. The number of thiophene rings is 1. The molecule has 1 heterocycles. The molecule has 0 saturated carbocycles. The van der Waals surface area contributed by atoms with E-state index < -0.39 is 0 Å². The zero-order chi connectivity index (χ0) is 15.1. The fourth-order valence-electron chi connectivity index (χ4n) is 2.12. The highest BCUT2D eigenvalue weighted by atomic mass is 32.1. The van der Waals surface area contributed by atoms with Crippen LogP contribution in [0.25, 0.3) is 0 Å². The number of nitrogens with one attached hydrogen (secondary N) is 1. The summed E-state index contributed by atoms with van der Waals surface area (Å²) in [5, 5.41) is 3.27. The Kier molecular flexibility index (Phi) is 6.27. The van der Waals surface area contributed by atoms with E-state index in [1.54, 1.807) is 0 Å². The SMILES string of the molecule is CCc1ccc(COc2ccc(CCC(C)NC)cc2)s1. The third kappa shape index (κ3) is 5.18. The lowest BCUT2D eigenvalue weighted by atomic mass is 10.1. The summed E-state index contributed by atoms with van der Waals surface area (Å²) in [7, 11) is 2.01. The maximum absolute atomic E-state index is 5.85. The molecule has 3 heteroatoms. The summed E-state index contributed by atoms with van der Waals surface area (Å²) in [5.41, 5.74) is 1.37. The van der Waals surface area contributed by atoms with Gasteiger partial charge in [-0.3, -0.25) is 0 Å². The molecule has 0 spiro atoms. The van der Waals surface area contributed by atoms with Gasteiger partial charge in [0.25, 0.3) is 0 Å². The maximum atomic E-state index is 5.85. The molecule has 2 rings (SSSR count). The largest absolute Gasteiger partial charge is 0.488 e. The predicted molar refractivity (Wildman–Crippen MR) is 91.3 cm³/mol. The van der Waals surface area contributed by atoms with Crippen molar-refractivity contribution in [1.82, 2.24) is 5.32 Å². The van der Waals surface area contributed by atoms with E-state index in [0.29, 0.717) is 12.6 Å². The fourth-order valence-corrected chi connectivity index (χ4v) is 3.00. The van der Waals surface area contributed by atoms with Crippen molar-refractivity contribution in [2.75, 3.05) is 7.05 Å². The van der Waals surface area contributed by atoms with Crippen LogP contribution >= 0.6 is 11.3 Å². The molecule has 0 fully saturated rings. The van der Waals surface area contributed by atoms with Gasteiger partial charge in [0, 0.05) is 15.8 Å². The summed E-state index contributed by atoms with van der Waals surface area (Å²) in [5.74, 6) is 0.951. The number of benzene rings is 1. The molecule has 0 aliphatic rings. The molecule has 1 aromatic carbocycles. The van der Waals surface area contributed by atoms with E-state index in [4.69, 9.17) is 4.74 Å². The van der Waals surface area contributed by atoms with Crippen LogP contribution < -0.4 is 10.1 Å². The standard InChI is InChI=1S/C18H25NOS/c1-4-17-11-12-18(21-17)13-20-16-9-7-15(8-10-16)6-5-14(2)19-3/h7-12,14,19H,4-6,13H2,1-3H3. The first-order chi connectivity index (χ1) is 10.2. The minimum Gasteiger partial charge on any atom is -0.488 e. The van der Waals surface area contributed by atoms with Crippen molar-refractivity contribution < 1.29 is 4.74 Å². The van der Waals surface area contributed by atoms with E-state index >= 15 is 0 Å². The first-order valence-corrected chi connectivity index (χ1v) is 8.49. The lowest BCUT2D eigenvalue weighted by Gasteiger charge is -2.10. The average Bonchev–Trinajstić information content (AvgIpc) is 2.99. The van der Waals surface area contributed by atoms with Crippen molar-refractivity contribution in [3.05, 3.63) is 51.7 Å². The minimum absolute atomic E-state index is 0.563. The number of aryl methyl sites for hydroxylation is 2. The third-order valence-electron chi connectivity index (χ3n) is 3.73. The molecule has 1 unspecified atom stereocenters. The normalized spacial score (nSPS) is 12.3. The van der Waals surface area contributed by atoms with Crippen molar-refractivity contribution >= 4 is 11.3 Å². The van der Waals surface area contributed by atoms with E-state index in [9.17, 15) is 0 Å². The van der Waals surface area contributed by atoms with Crippen LogP contribution in [0.4, 0.5) is 0 Å². The first-order valence-electron chi connectivity index (χ1n) is 7.68. The van der Waals surface area contributed by atoms with Crippen LogP contribution in [-0.2, 0) is 19.4 Å². The topological polar surface area (TPSA) is 21.3 Å². The second-order valence-corrected chi connectivity index (χ2v) is 6.64. The molecule has 0 radical (unpaired) electrons. The fraction of sp³-hybridized carbons (Fsp3) is 0.444. The number of rotatable bonds is 8. The van der Waals surface area contributed by atoms with Gasteiger partial charge < -0.3 is 10.1 Å². The van der Waals surface area contributed by atoms with Gasteiger partial charge in [-0.1, -0.05) is 19.1 Å². The van der Waals surface area contributed by atoms with Gasteiger partial charge in [0.1, 0.15) is 12.4 Å². The highest BCUT2D eigenvalue weighted by Gasteiger charge is 2.02. The molecular weight excluding hydrogens is 278 g/mol. The molecule has 0 saturated heterocycles. The van der Waals surface area contributed by atoms with Crippen LogP contribution in [0, 0.1) is 0 Å². The summed E-state index contributed by atoms with van der Waals surface area (Å²) in [6.45, 7) is 5.06. The first kappa shape index (κ1) is 16.1. The highest BCUT2D eigenvalue weighted by molar-refractivity contribution is 7.11. The van der Waals surface area contributed by atoms with Crippen LogP contribution in [0.1, 0.15) is 35.6 Å². The Balaban J connectivity index is 1.81. The summed E-state index contributed by atoms with van der Waals surface area (Å²) in [4.78, 5) is 2.71. The zero-order valence-electron chi connectivity index (χ0n) is 13.2. The Labute approximate surface area is 132 Å². The van der Waals surface area contributed by atoms with Crippen LogP contribution in [0.15, 0.2) is 36.4 Å².